The van der Waals surface area contributed by atoms with Crippen LogP contribution in [0.25, 0.3) is 10.6 Å². The molecule has 106 valence electrons. The number of methoxy groups -OCH3 is 1. The third kappa shape index (κ3) is 3.17. The fourth-order valence-corrected chi connectivity index (χ4v) is 3.31. The monoisotopic (exact) mass is 289 g/mol. The van der Waals surface area contributed by atoms with Gasteiger partial charge in [-0.05, 0) is 12.1 Å². The lowest BCUT2D eigenvalue weighted by Gasteiger charge is -2.26. The molecule has 0 aliphatic carbocycles. The summed E-state index contributed by atoms with van der Waals surface area (Å²) in [6.07, 6.45) is 2.00. The van der Waals surface area contributed by atoms with E-state index in [0.29, 0.717) is 0 Å². The second kappa shape index (κ2) is 6.35. The van der Waals surface area contributed by atoms with Gasteiger partial charge in [0.05, 0.1) is 7.11 Å². The van der Waals surface area contributed by atoms with Gasteiger partial charge in [0, 0.05) is 49.4 Å². The largest absolute Gasteiger partial charge is 0.497 e. The number of thiazole rings is 1. The Hall–Kier alpha value is -1.43. The first-order chi connectivity index (χ1) is 9.85. The van der Waals surface area contributed by atoms with Gasteiger partial charge in [0.15, 0.2) is 0 Å². The molecule has 0 amide bonds. The van der Waals surface area contributed by atoms with Crippen molar-refractivity contribution in [2.45, 2.75) is 6.54 Å². The van der Waals surface area contributed by atoms with Crippen LogP contribution in [0.15, 0.2) is 30.5 Å². The van der Waals surface area contributed by atoms with Crippen LogP contribution in [-0.4, -0.2) is 43.2 Å². The molecule has 0 unspecified atom stereocenters. The third-order valence-corrected chi connectivity index (χ3v) is 4.49. The van der Waals surface area contributed by atoms with Crippen LogP contribution in [0.4, 0.5) is 0 Å². The summed E-state index contributed by atoms with van der Waals surface area (Å²) in [4.78, 5) is 8.34. The fraction of sp³-hybridized carbons (Fsp3) is 0.400. The summed E-state index contributed by atoms with van der Waals surface area (Å²) in [7, 11) is 1.69. The van der Waals surface area contributed by atoms with Crippen molar-refractivity contribution in [2.24, 2.45) is 0 Å². The van der Waals surface area contributed by atoms with Crippen molar-refractivity contribution in [1.82, 2.24) is 15.2 Å². The van der Waals surface area contributed by atoms with E-state index >= 15 is 0 Å². The Labute approximate surface area is 123 Å². The second-order valence-electron chi connectivity index (χ2n) is 4.89. The molecule has 1 aliphatic heterocycles. The fourth-order valence-electron chi connectivity index (χ4n) is 2.36. The first-order valence-corrected chi connectivity index (χ1v) is 7.69. The summed E-state index contributed by atoms with van der Waals surface area (Å²) in [6.45, 7) is 5.41. The molecule has 1 aromatic carbocycles. The summed E-state index contributed by atoms with van der Waals surface area (Å²) in [6, 6.07) is 8.08. The van der Waals surface area contributed by atoms with E-state index in [1.165, 1.54) is 4.88 Å². The molecule has 0 atom stereocenters. The summed E-state index contributed by atoms with van der Waals surface area (Å²) in [5, 5.41) is 4.44. The van der Waals surface area contributed by atoms with Crippen molar-refractivity contribution >= 4 is 11.3 Å². The van der Waals surface area contributed by atoms with Crippen molar-refractivity contribution in [3.63, 3.8) is 0 Å². The predicted molar refractivity (Wildman–Crippen MR) is 82.2 cm³/mol. The smallest absolute Gasteiger partial charge is 0.123 e. The molecule has 1 aromatic heterocycles. The van der Waals surface area contributed by atoms with Crippen molar-refractivity contribution in [3.05, 3.63) is 35.3 Å². The van der Waals surface area contributed by atoms with Gasteiger partial charge in [-0.3, -0.25) is 4.90 Å². The molecule has 0 radical (unpaired) electrons. The van der Waals surface area contributed by atoms with Crippen LogP contribution in [-0.2, 0) is 6.54 Å². The summed E-state index contributed by atoms with van der Waals surface area (Å²) >= 11 is 1.77. The van der Waals surface area contributed by atoms with Gasteiger partial charge in [-0.1, -0.05) is 12.1 Å². The van der Waals surface area contributed by atoms with Crippen LogP contribution in [0.5, 0.6) is 5.75 Å². The number of rotatable bonds is 4. The molecule has 0 saturated carbocycles. The Bertz CT molecular complexity index is 564. The number of hydrogen-bond acceptors (Lipinski definition) is 5. The van der Waals surface area contributed by atoms with Crippen LogP contribution < -0.4 is 10.1 Å². The normalized spacial score (nSPS) is 16.2. The van der Waals surface area contributed by atoms with Crippen LogP contribution in [0, 0.1) is 0 Å². The number of nitrogens with one attached hydrogen (secondary N) is 1. The highest BCUT2D eigenvalue weighted by Crippen LogP contribution is 2.28. The first-order valence-electron chi connectivity index (χ1n) is 6.87. The molecule has 0 bridgehead atoms. The lowest BCUT2D eigenvalue weighted by Crippen LogP contribution is -2.42. The highest BCUT2D eigenvalue weighted by atomic mass is 32.1. The third-order valence-electron chi connectivity index (χ3n) is 3.46. The van der Waals surface area contributed by atoms with Crippen LogP contribution in [0.3, 0.4) is 0 Å². The molecule has 1 aliphatic rings. The minimum absolute atomic E-state index is 0.876. The summed E-state index contributed by atoms with van der Waals surface area (Å²) in [5.41, 5.74) is 1.13. The minimum atomic E-state index is 0.876. The lowest BCUT2D eigenvalue weighted by molar-refractivity contribution is 0.235. The Balaban J connectivity index is 1.72. The van der Waals surface area contributed by atoms with Gasteiger partial charge in [-0.2, -0.15) is 0 Å². The van der Waals surface area contributed by atoms with E-state index in [2.05, 4.69) is 21.3 Å². The van der Waals surface area contributed by atoms with E-state index in [1.54, 1.807) is 18.4 Å². The standard InChI is InChI=1S/C15H19N3OS/c1-19-13-4-2-3-12(9-13)15-17-10-14(20-15)11-18-7-5-16-6-8-18/h2-4,9-10,16H,5-8,11H2,1H3. The van der Waals surface area contributed by atoms with E-state index in [-0.39, 0.29) is 0 Å². The summed E-state index contributed by atoms with van der Waals surface area (Å²) in [5.74, 6) is 0.876. The molecular formula is C15H19N3OS. The van der Waals surface area contributed by atoms with E-state index in [9.17, 15) is 0 Å². The van der Waals surface area contributed by atoms with E-state index in [4.69, 9.17) is 4.74 Å². The molecule has 1 saturated heterocycles. The van der Waals surface area contributed by atoms with Gasteiger partial charge >= 0.3 is 0 Å². The number of nitrogens with zero attached hydrogens (tertiary/aromatic N) is 2. The molecule has 20 heavy (non-hydrogen) atoms. The average Bonchev–Trinajstić information content (AvgIpc) is 2.97. The molecule has 1 N–H and O–H groups in total. The van der Waals surface area contributed by atoms with Crippen molar-refractivity contribution in [2.75, 3.05) is 33.3 Å². The first kappa shape index (κ1) is 13.5. The average molecular weight is 289 g/mol. The number of ether oxygens (including phenoxy) is 1. The molecule has 2 aromatic rings. The summed E-state index contributed by atoms with van der Waals surface area (Å²) < 4.78 is 5.27. The van der Waals surface area contributed by atoms with E-state index in [1.807, 2.05) is 24.4 Å². The maximum atomic E-state index is 5.27. The molecule has 4 nitrogen and oxygen atoms in total. The Kier molecular flexibility index (Phi) is 4.30. The van der Waals surface area contributed by atoms with Crippen LogP contribution >= 0.6 is 11.3 Å². The van der Waals surface area contributed by atoms with Crippen molar-refractivity contribution < 1.29 is 4.74 Å². The van der Waals surface area contributed by atoms with Gasteiger partial charge in [-0.15, -0.1) is 11.3 Å². The molecule has 1 fully saturated rings. The van der Waals surface area contributed by atoms with Gasteiger partial charge < -0.3 is 10.1 Å². The zero-order chi connectivity index (χ0) is 13.8. The van der Waals surface area contributed by atoms with Gasteiger partial charge in [-0.25, -0.2) is 4.98 Å². The SMILES string of the molecule is COc1cccc(-c2ncc(CN3CCNCC3)s2)c1. The van der Waals surface area contributed by atoms with E-state index < -0.39 is 0 Å². The maximum Gasteiger partial charge on any atom is 0.123 e. The van der Waals surface area contributed by atoms with Crippen LogP contribution in [0.2, 0.25) is 0 Å². The molecule has 5 heteroatoms. The van der Waals surface area contributed by atoms with E-state index in [0.717, 1.165) is 49.0 Å². The van der Waals surface area contributed by atoms with Gasteiger partial charge in [0.1, 0.15) is 10.8 Å². The predicted octanol–water partition coefficient (Wildman–Crippen LogP) is 2.22. The van der Waals surface area contributed by atoms with Gasteiger partial charge in [0.25, 0.3) is 0 Å². The van der Waals surface area contributed by atoms with Crippen molar-refractivity contribution in [1.29, 1.82) is 0 Å². The number of hydrogen-bond donors (Lipinski definition) is 1. The Morgan fingerprint density at radius 3 is 3.00 bits per heavy atom. The molecule has 3 rings (SSSR count). The number of piperazine rings is 1. The van der Waals surface area contributed by atoms with Crippen LogP contribution in [0.1, 0.15) is 4.88 Å². The zero-order valence-electron chi connectivity index (χ0n) is 11.6. The highest BCUT2D eigenvalue weighted by Gasteiger charge is 2.12. The Morgan fingerprint density at radius 1 is 1.35 bits per heavy atom. The quantitative estimate of drug-likeness (QED) is 0.936. The maximum absolute atomic E-state index is 5.27. The lowest BCUT2D eigenvalue weighted by atomic mass is 10.2. The topological polar surface area (TPSA) is 37.4 Å². The minimum Gasteiger partial charge on any atom is -0.497 e. The second-order valence-corrected chi connectivity index (χ2v) is 6.01. The highest BCUT2D eigenvalue weighted by molar-refractivity contribution is 7.15. The molecule has 0 spiro atoms. The van der Waals surface area contributed by atoms with Crippen molar-refractivity contribution in [3.8, 4) is 16.3 Å². The zero-order valence-corrected chi connectivity index (χ0v) is 12.4. The number of benzene rings is 1. The Morgan fingerprint density at radius 2 is 2.20 bits per heavy atom. The number of aromatic nitrogens is 1. The molecule has 2 heterocycles. The molecular weight excluding hydrogens is 270 g/mol. The van der Waals surface area contributed by atoms with Gasteiger partial charge in [0.2, 0.25) is 0 Å².